The second-order valence-corrected chi connectivity index (χ2v) is 1.87. The lowest BCUT2D eigenvalue weighted by molar-refractivity contribution is 0.482. The van der Waals surface area contributed by atoms with Crippen LogP contribution in [0.3, 0.4) is 0 Å². The van der Waals surface area contributed by atoms with Gasteiger partial charge in [-0.25, -0.2) is 0 Å². The maximum atomic E-state index is 2.16. The summed E-state index contributed by atoms with van der Waals surface area (Å²) in [5, 5.41) is 0. The minimum atomic E-state index is 1.09. The van der Waals surface area contributed by atoms with E-state index in [9.17, 15) is 0 Å². The fraction of sp³-hybridized carbons (Fsp3) is 0.714. The Kier molecular flexibility index (Phi) is 4.42. The van der Waals surface area contributed by atoms with Crippen molar-refractivity contribution in [2.45, 2.75) is 20.3 Å². The van der Waals surface area contributed by atoms with Crippen LogP contribution in [-0.2, 0) is 0 Å². The lowest BCUT2D eigenvalue weighted by Crippen LogP contribution is -2.07. The van der Waals surface area contributed by atoms with Crippen LogP contribution >= 0.6 is 0 Å². The highest BCUT2D eigenvalue weighted by molar-refractivity contribution is 4.77. The van der Waals surface area contributed by atoms with E-state index in [2.05, 4.69) is 38.1 Å². The molecule has 0 spiro atoms. The molecular formula is C7H15N. The number of hydrogen-bond acceptors (Lipinski definition) is 1. The molecule has 0 rings (SSSR count). The third kappa shape index (κ3) is 3.72. The summed E-state index contributed by atoms with van der Waals surface area (Å²) in [5.41, 5.74) is 0. The van der Waals surface area contributed by atoms with Crippen LogP contribution in [0.1, 0.15) is 20.3 Å². The van der Waals surface area contributed by atoms with E-state index in [-0.39, 0.29) is 0 Å². The van der Waals surface area contributed by atoms with Gasteiger partial charge in [-0.05, 0) is 19.5 Å². The molecule has 0 unspecified atom stereocenters. The Morgan fingerprint density at radius 3 is 2.38 bits per heavy atom. The van der Waals surface area contributed by atoms with Crippen molar-refractivity contribution in [1.29, 1.82) is 0 Å². The zero-order valence-electron chi connectivity index (χ0n) is 6.02. The quantitative estimate of drug-likeness (QED) is 0.540. The molecule has 0 heterocycles. The molecule has 0 radical (unpaired) electrons. The molecule has 48 valence electrons. The number of allylic oxidation sites excluding steroid dienone is 1. The predicted octanol–water partition coefficient (Wildman–Crippen LogP) is 1.86. The van der Waals surface area contributed by atoms with Crippen LogP contribution in [-0.4, -0.2) is 18.5 Å². The topological polar surface area (TPSA) is 3.24 Å². The summed E-state index contributed by atoms with van der Waals surface area (Å²) in [7, 11) is 2.08. The second-order valence-electron chi connectivity index (χ2n) is 1.87. The number of hydrogen-bond donors (Lipinski definition) is 0. The molecule has 8 heavy (non-hydrogen) atoms. The Balaban J connectivity index is 3.21. The molecule has 0 atom stereocenters. The van der Waals surface area contributed by atoms with Gasteiger partial charge in [0.1, 0.15) is 0 Å². The molecule has 0 amide bonds. The molecule has 0 saturated heterocycles. The van der Waals surface area contributed by atoms with Gasteiger partial charge in [-0.15, -0.1) is 0 Å². The standard InChI is InChI=1S/C7H15N/c1-4-6-7-8(3)5-2/h6-7H,4-5H2,1-3H3/b7-6+. The first-order valence-corrected chi connectivity index (χ1v) is 3.18. The van der Waals surface area contributed by atoms with E-state index in [1.54, 1.807) is 0 Å². The van der Waals surface area contributed by atoms with Crippen LogP contribution in [0.25, 0.3) is 0 Å². The fourth-order valence-corrected chi connectivity index (χ4v) is 0.391. The maximum Gasteiger partial charge on any atom is 0.0140 e. The van der Waals surface area contributed by atoms with Crippen LogP contribution < -0.4 is 0 Å². The van der Waals surface area contributed by atoms with Crippen molar-refractivity contribution in [2.75, 3.05) is 13.6 Å². The van der Waals surface area contributed by atoms with Gasteiger partial charge in [0.2, 0.25) is 0 Å². The molecule has 0 fully saturated rings. The van der Waals surface area contributed by atoms with Gasteiger partial charge in [-0.3, -0.25) is 0 Å². The highest BCUT2D eigenvalue weighted by Gasteiger charge is 1.78. The van der Waals surface area contributed by atoms with Crippen molar-refractivity contribution in [3.63, 3.8) is 0 Å². The molecule has 0 saturated carbocycles. The zero-order valence-corrected chi connectivity index (χ0v) is 6.02. The van der Waals surface area contributed by atoms with Gasteiger partial charge < -0.3 is 4.90 Å². The Hall–Kier alpha value is -0.460. The fourth-order valence-electron chi connectivity index (χ4n) is 0.391. The van der Waals surface area contributed by atoms with Gasteiger partial charge in [-0.2, -0.15) is 0 Å². The highest BCUT2D eigenvalue weighted by atomic mass is 15.1. The minimum Gasteiger partial charge on any atom is -0.381 e. The first kappa shape index (κ1) is 7.54. The molecule has 1 nitrogen and oxygen atoms in total. The molecule has 0 aromatic carbocycles. The highest BCUT2D eigenvalue weighted by Crippen LogP contribution is 1.84. The normalized spacial score (nSPS) is 10.4. The number of nitrogens with zero attached hydrogens (tertiary/aromatic N) is 1. The molecule has 0 N–H and O–H groups in total. The van der Waals surface area contributed by atoms with Crippen molar-refractivity contribution in [3.8, 4) is 0 Å². The van der Waals surface area contributed by atoms with Gasteiger partial charge in [-0.1, -0.05) is 13.0 Å². The molecule has 1 heteroatoms. The summed E-state index contributed by atoms with van der Waals surface area (Å²) < 4.78 is 0. The predicted molar refractivity (Wildman–Crippen MR) is 37.7 cm³/mol. The van der Waals surface area contributed by atoms with E-state index >= 15 is 0 Å². The van der Waals surface area contributed by atoms with E-state index in [1.807, 2.05) is 0 Å². The molecule has 0 aliphatic rings. The molecule has 0 aromatic rings. The Labute approximate surface area is 52.0 Å². The smallest absolute Gasteiger partial charge is 0.0140 e. The van der Waals surface area contributed by atoms with Crippen LogP contribution in [0, 0.1) is 0 Å². The molecular weight excluding hydrogens is 98.1 g/mol. The summed E-state index contributed by atoms with van der Waals surface area (Å²) in [6.07, 6.45) is 5.40. The van der Waals surface area contributed by atoms with E-state index in [4.69, 9.17) is 0 Å². The van der Waals surface area contributed by atoms with E-state index < -0.39 is 0 Å². The summed E-state index contributed by atoms with van der Waals surface area (Å²) in [5.74, 6) is 0. The van der Waals surface area contributed by atoms with Gasteiger partial charge in [0, 0.05) is 13.6 Å². The second kappa shape index (κ2) is 4.69. The van der Waals surface area contributed by atoms with Gasteiger partial charge in [0.25, 0.3) is 0 Å². The summed E-state index contributed by atoms with van der Waals surface area (Å²) >= 11 is 0. The lowest BCUT2D eigenvalue weighted by atomic mass is 10.4. The van der Waals surface area contributed by atoms with Crippen LogP contribution in [0.4, 0.5) is 0 Å². The first-order chi connectivity index (χ1) is 3.81. The summed E-state index contributed by atoms with van der Waals surface area (Å²) in [4.78, 5) is 2.16. The molecule has 0 aromatic heterocycles. The minimum absolute atomic E-state index is 1.09. The van der Waals surface area contributed by atoms with E-state index in [1.165, 1.54) is 0 Å². The monoisotopic (exact) mass is 113 g/mol. The lowest BCUT2D eigenvalue weighted by Gasteiger charge is -2.07. The Morgan fingerprint density at radius 1 is 1.38 bits per heavy atom. The van der Waals surface area contributed by atoms with Crippen LogP contribution in [0.5, 0.6) is 0 Å². The molecule has 0 aliphatic heterocycles. The Morgan fingerprint density at radius 2 is 2.00 bits per heavy atom. The number of rotatable bonds is 3. The van der Waals surface area contributed by atoms with E-state index in [0.29, 0.717) is 0 Å². The van der Waals surface area contributed by atoms with Gasteiger partial charge in [0.05, 0.1) is 0 Å². The summed E-state index contributed by atoms with van der Waals surface area (Å²) in [6.45, 7) is 5.37. The Bertz CT molecular complexity index is 66.8. The van der Waals surface area contributed by atoms with Crippen molar-refractivity contribution >= 4 is 0 Å². The van der Waals surface area contributed by atoms with Gasteiger partial charge >= 0.3 is 0 Å². The SMILES string of the molecule is CC/C=C/N(C)CC. The average molecular weight is 113 g/mol. The van der Waals surface area contributed by atoms with Crippen molar-refractivity contribution in [3.05, 3.63) is 12.3 Å². The van der Waals surface area contributed by atoms with Crippen LogP contribution in [0.2, 0.25) is 0 Å². The third-order valence-corrected chi connectivity index (χ3v) is 1.09. The maximum absolute atomic E-state index is 2.16. The van der Waals surface area contributed by atoms with Crippen molar-refractivity contribution < 1.29 is 0 Å². The molecule has 0 bridgehead atoms. The van der Waals surface area contributed by atoms with Crippen LogP contribution in [0.15, 0.2) is 12.3 Å². The van der Waals surface area contributed by atoms with Crippen molar-refractivity contribution in [1.82, 2.24) is 4.90 Å². The first-order valence-electron chi connectivity index (χ1n) is 3.18. The summed E-state index contributed by atoms with van der Waals surface area (Å²) in [6, 6.07) is 0. The average Bonchev–Trinajstić information content (AvgIpc) is 1.83. The largest absolute Gasteiger partial charge is 0.381 e. The molecule has 0 aliphatic carbocycles. The third-order valence-electron chi connectivity index (χ3n) is 1.09. The van der Waals surface area contributed by atoms with E-state index in [0.717, 1.165) is 13.0 Å². The van der Waals surface area contributed by atoms with Gasteiger partial charge in [0.15, 0.2) is 0 Å². The van der Waals surface area contributed by atoms with Crippen molar-refractivity contribution in [2.24, 2.45) is 0 Å². The zero-order chi connectivity index (χ0) is 6.41.